The average molecular weight is 523 g/mol. The number of hydrogen-bond donors (Lipinski definition) is 0. The van der Waals surface area contributed by atoms with E-state index in [4.69, 9.17) is 9.47 Å². The third-order valence-corrected chi connectivity index (χ3v) is 6.82. The Bertz CT molecular complexity index is 1060. The average Bonchev–Trinajstić information content (AvgIpc) is 2.91. The van der Waals surface area contributed by atoms with E-state index in [1.54, 1.807) is 17.0 Å². The third-order valence-electron chi connectivity index (χ3n) is 6.82. The minimum Gasteiger partial charge on any atom is -0.465 e. The molecule has 1 heterocycles. The first-order chi connectivity index (χ1) is 18.1. The van der Waals surface area contributed by atoms with Crippen molar-refractivity contribution >= 4 is 18.0 Å². The van der Waals surface area contributed by atoms with E-state index < -0.39 is 11.6 Å². The summed E-state index contributed by atoms with van der Waals surface area (Å²) >= 11 is 0. The first-order valence-electron chi connectivity index (χ1n) is 13.7. The molecule has 0 radical (unpaired) electrons. The Morgan fingerprint density at radius 2 is 1.47 bits per heavy atom. The maximum atomic E-state index is 13.8. The van der Waals surface area contributed by atoms with Crippen molar-refractivity contribution in [1.29, 1.82) is 0 Å². The first-order valence-corrected chi connectivity index (χ1v) is 13.7. The second-order valence-corrected chi connectivity index (χ2v) is 11.0. The molecular formula is C31H42N2O5. The van der Waals surface area contributed by atoms with Crippen LogP contribution >= 0.6 is 0 Å². The maximum Gasteiger partial charge on any atom is 0.410 e. The number of ether oxygens (including phenoxy) is 2. The lowest BCUT2D eigenvalue weighted by molar-refractivity contribution is 0.0141. The summed E-state index contributed by atoms with van der Waals surface area (Å²) in [6.07, 6.45) is 5.56. The molecule has 2 aromatic carbocycles. The standard InChI is InChI=1S/C31H42N2O5/c1-6-7-8-9-23-10-14-25(15-11-23)28(34)33(22-24-12-16-26(17-13-24)29(35)37-5)27-18-20-32(21-19-27)30(36)38-31(2,3)4/h10-17,27H,6-9,18-22H2,1-5H3. The number of methoxy groups -OCH3 is 1. The van der Waals surface area contributed by atoms with Gasteiger partial charge in [0, 0.05) is 31.2 Å². The number of carbonyl (C=O) groups excluding carboxylic acids is 3. The van der Waals surface area contributed by atoms with Crippen LogP contribution in [0.2, 0.25) is 0 Å². The topological polar surface area (TPSA) is 76.2 Å². The van der Waals surface area contributed by atoms with Gasteiger partial charge in [0.1, 0.15) is 5.60 Å². The molecule has 206 valence electrons. The van der Waals surface area contributed by atoms with Gasteiger partial charge in [-0.15, -0.1) is 0 Å². The largest absolute Gasteiger partial charge is 0.465 e. The molecule has 1 aliphatic heterocycles. The second kappa shape index (κ2) is 13.4. The summed E-state index contributed by atoms with van der Waals surface area (Å²) in [4.78, 5) is 41.8. The number of hydrogen-bond acceptors (Lipinski definition) is 5. The summed E-state index contributed by atoms with van der Waals surface area (Å²) in [5.74, 6) is -0.420. The van der Waals surface area contributed by atoms with E-state index in [-0.39, 0.29) is 18.0 Å². The van der Waals surface area contributed by atoms with Crippen LogP contribution in [0.3, 0.4) is 0 Å². The zero-order valence-electron chi connectivity index (χ0n) is 23.5. The second-order valence-electron chi connectivity index (χ2n) is 11.0. The molecule has 2 aromatic rings. The molecule has 2 amide bonds. The fourth-order valence-electron chi connectivity index (χ4n) is 4.67. The number of likely N-dealkylation sites (tertiary alicyclic amines) is 1. The summed E-state index contributed by atoms with van der Waals surface area (Å²) < 4.78 is 10.3. The van der Waals surface area contributed by atoms with Crippen molar-refractivity contribution in [1.82, 2.24) is 9.80 Å². The fourth-order valence-corrected chi connectivity index (χ4v) is 4.67. The number of rotatable bonds is 9. The Labute approximate surface area is 227 Å². The van der Waals surface area contributed by atoms with Crippen LogP contribution in [0.4, 0.5) is 4.79 Å². The zero-order valence-corrected chi connectivity index (χ0v) is 23.5. The molecule has 0 bridgehead atoms. The quantitative estimate of drug-likeness (QED) is 0.287. The normalized spacial score (nSPS) is 14.2. The molecule has 0 N–H and O–H groups in total. The van der Waals surface area contributed by atoms with E-state index >= 15 is 0 Å². The number of unbranched alkanes of at least 4 members (excludes halogenated alkanes) is 2. The molecule has 1 aliphatic rings. The Morgan fingerprint density at radius 1 is 0.895 bits per heavy atom. The van der Waals surface area contributed by atoms with Gasteiger partial charge in [-0.05, 0) is 81.8 Å². The van der Waals surface area contributed by atoms with Crippen LogP contribution < -0.4 is 0 Å². The molecule has 38 heavy (non-hydrogen) atoms. The lowest BCUT2D eigenvalue weighted by Gasteiger charge is -2.39. The molecule has 7 heteroatoms. The summed E-state index contributed by atoms with van der Waals surface area (Å²) in [6.45, 7) is 9.24. The molecule has 7 nitrogen and oxygen atoms in total. The van der Waals surface area contributed by atoms with E-state index in [1.165, 1.54) is 25.5 Å². The van der Waals surface area contributed by atoms with E-state index in [0.717, 1.165) is 18.4 Å². The van der Waals surface area contributed by atoms with Crippen molar-refractivity contribution in [2.24, 2.45) is 0 Å². The number of nitrogens with zero attached hydrogens (tertiary/aromatic N) is 2. The molecule has 0 atom stereocenters. The van der Waals surface area contributed by atoms with Crippen molar-refractivity contribution in [2.45, 2.75) is 84.4 Å². The molecule has 0 aliphatic carbocycles. The third kappa shape index (κ3) is 8.33. The van der Waals surface area contributed by atoms with Gasteiger partial charge in [0.05, 0.1) is 12.7 Å². The van der Waals surface area contributed by atoms with Gasteiger partial charge in [-0.2, -0.15) is 0 Å². The smallest absolute Gasteiger partial charge is 0.410 e. The minimum absolute atomic E-state index is 0.0225. The van der Waals surface area contributed by atoms with Gasteiger partial charge in [0.25, 0.3) is 5.91 Å². The van der Waals surface area contributed by atoms with E-state index in [9.17, 15) is 14.4 Å². The number of esters is 1. The maximum absolute atomic E-state index is 13.8. The minimum atomic E-state index is -0.547. The van der Waals surface area contributed by atoms with Gasteiger partial charge < -0.3 is 19.3 Å². The van der Waals surface area contributed by atoms with Crippen LogP contribution in [0.25, 0.3) is 0 Å². The summed E-state index contributed by atoms with van der Waals surface area (Å²) in [7, 11) is 1.36. The monoisotopic (exact) mass is 522 g/mol. The summed E-state index contributed by atoms with van der Waals surface area (Å²) in [6, 6.07) is 15.1. The number of carbonyl (C=O) groups is 3. The number of aryl methyl sites for hydroxylation is 1. The van der Waals surface area contributed by atoms with Crippen LogP contribution in [-0.2, 0) is 22.4 Å². The van der Waals surface area contributed by atoms with E-state index in [1.807, 2.05) is 49.9 Å². The van der Waals surface area contributed by atoms with Crippen LogP contribution in [0, 0.1) is 0 Å². The summed E-state index contributed by atoms with van der Waals surface area (Å²) in [5, 5.41) is 0. The highest BCUT2D eigenvalue weighted by molar-refractivity contribution is 5.94. The number of piperidine rings is 1. The van der Waals surface area contributed by atoms with Gasteiger partial charge >= 0.3 is 12.1 Å². The number of amides is 2. The van der Waals surface area contributed by atoms with Crippen molar-refractivity contribution < 1.29 is 23.9 Å². The Balaban J connectivity index is 1.76. The van der Waals surface area contributed by atoms with Gasteiger partial charge in [-0.3, -0.25) is 4.79 Å². The SMILES string of the molecule is CCCCCc1ccc(C(=O)N(Cc2ccc(C(=O)OC)cc2)C2CCN(C(=O)OC(C)(C)C)CC2)cc1. The van der Waals surface area contributed by atoms with Crippen molar-refractivity contribution in [3.05, 3.63) is 70.8 Å². The van der Waals surface area contributed by atoms with Crippen molar-refractivity contribution in [2.75, 3.05) is 20.2 Å². The van der Waals surface area contributed by atoms with Crippen LogP contribution in [0.5, 0.6) is 0 Å². The molecule has 3 rings (SSSR count). The lowest BCUT2D eigenvalue weighted by atomic mass is 10.00. The van der Waals surface area contributed by atoms with Gasteiger partial charge in [-0.1, -0.05) is 44.0 Å². The molecule has 0 aromatic heterocycles. The van der Waals surface area contributed by atoms with E-state index in [0.29, 0.717) is 43.6 Å². The van der Waals surface area contributed by atoms with Gasteiger partial charge in [0.15, 0.2) is 0 Å². The highest BCUT2D eigenvalue weighted by Gasteiger charge is 2.32. The number of benzene rings is 2. The van der Waals surface area contributed by atoms with Crippen LogP contribution in [0.15, 0.2) is 48.5 Å². The fraction of sp³-hybridized carbons (Fsp3) is 0.516. The predicted molar refractivity (Wildman–Crippen MR) is 148 cm³/mol. The van der Waals surface area contributed by atoms with Crippen LogP contribution in [0.1, 0.15) is 91.6 Å². The molecule has 0 unspecified atom stereocenters. The highest BCUT2D eigenvalue weighted by Crippen LogP contribution is 2.24. The van der Waals surface area contributed by atoms with Crippen molar-refractivity contribution in [3.63, 3.8) is 0 Å². The van der Waals surface area contributed by atoms with E-state index in [2.05, 4.69) is 19.1 Å². The van der Waals surface area contributed by atoms with Crippen molar-refractivity contribution in [3.8, 4) is 0 Å². The molecule has 1 saturated heterocycles. The predicted octanol–water partition coefficient (Wildman–Crippen LogP) is 6.25. The first kappa shape index (κ1) is 29.2. The highest BCUT2D eigenvalue weighted by atomic mass is 16.6. The van der Waals surface area contributed by atoms with Gasteiger partial charge in [0.2, 0.25) is 0 Å². The Hall–Kier alpha value is -3.35. The molecule has 1 fully saturated rings. The molecular weight excluding hydrogens is 480 g/mol. The van der Waals surface area contributed by atoms with Crippen LogP contribution in [-0.4, -0.2) is 59.6 Å². The molecule has 0 spiro atoms. The zero-order chi connectivity index (χ0) is 27.7. The van der Waals surface area contributed by atoms with Gasteiger partial charge in [-0.25, -0.2) is 9.59 Å². The summed E-state index contributed by atoms with van der Waals surface area (Å²) in [5.41, 5.74) is 2.75. The Morgan fingerprint density at radius 3 is 2.03 bits per heavy atom. The lowest BCUT2D eigenvalue weighted by Crippen LogP contribution is -2.49. The Kier molecular flexibility index (Phi) is 10.3. The molecule has 0 saturated carbocycles.